The Labute approximate surface area is 112 Å². The molecule has 100 valence electrons. The fourth-order valence-corrected chi connectivity index (χ4v) is 2.24. The first-order valence-corrected chi connectivity index (χ1v) is 6.41. The average Bonchev–Trinajstić information content (AvgIpc) is 2.39. The summed E-state index contributed by atoms with van der Waals surface area (Å²) in [7, 11) is 0. The van der Waals surface area contributed by atoms with Crippen molar-refractivity contribution in [3.05, 3.63) is 59.7 Å². The number of hydrogen-bond acceptors (Lipinski definition) is 1. The summed E-state index contributed by atoms with van der Waals surface area (Å²) in [6.07, 6.45) is 0. The fourth-order valence-electron chi connectivity index (χ4n) is 2.24. The molecule has 2 aromatic rings. The minimum absolute atomic E-state index is 0.116. The van der Waals surface area contributed by atoms with E-state index in [1.165, 1.54) is 12.1 Å². The van der Waals surface area contributed by atoms with Crippen molar-refractivity contribution in [2.75, 3.05) is 6.54 Å². The van der Waals surface area contributed by atoms with Crippen molar-refractivity contribution in [3.63, 3.8) is 0 Å². The van der Waals surface area contributed by atoms with Gasteiger partial charge in [-0.2, -0.15) is 0 Å². The van der Waals surface area contributed by atoms with Gasteiger partial charge in [-0.3, -0.25) is 0 Å². The van der Waals surface area contributed by atoms with Crippen LogP contribution in [0.4, 0.5) is 8.78 Å². The maximum absolute atomic E-state index is 13.9. The first-order valence-electron chi connectivity index (χ1n) is 6.41. The fraction of sp³-hybridized carbons (Fsp3) is 0.250. The molecule has 0 radical (unpaired) electrons. The molecule has 2 aromatic carbocycles. The summed E-state index contributed by atoms with van der Waals surface area (Å²) in [4.78, 5) is 0. The minimum Gasteiger partial charge on any atom is -0.310 e. The SMILES string of the molecule is CCNC(C)c1ccccc1-c1ccc(F)cc1F. The zero-order valence-corrected chi connectivity index (χ0v) is 11.1. The van der Waals surface area contributed by atoms with Crippen molar-refractivity contribution in [2.45, 2.75) is 19.9 Å². The lowest BCUT2D eigenvalue weighted by atomic mass is 9.95. The quantitative estimate of drug-likeness (QED) is 0.865. The highest BCUT2D eigenvalue weighted by Gasteiger charge is 2.13. The minimum atomic E-state index is -0.557. The number of rotatable bonds is 4. The highest BCUT2D eigenvalue weighted by Crippen LogP contribution is 2.30. The summed E-state index contributed by atoms with van der Waals surface area (Å²) in [5.41, 5.74) is 2.24. The van der Waals surface area contributed by atoms with Gasteiger partial charge in [0.2, 0.25) is 0 Å². The van der Waals surface area contributed by atoms with Crippen LogP contribution in [0.2, 0.25) is 0 Å². The van der Waals surface area contributed by atoms with Gasteiger partial charge in [-0.15, -0.1) is 0 Å². The molecule has 1 nitrogen and oxygen atoms in total. The highest BCUT2D eigenvalue weighted by molar-refractivity contribution is 5.68. The molecule has 0 fully saturated rings. The van der Waals surface area contributed by atoms with E-state index >= 15 is 0 Å². The van der Waals surface area contributed by atoms with Crippen molar-refractivity contribution in [3.8, 4) is 11.1 Å². The molecule has 0 saturated heterocycles. The van der Waals surface area contributed by atoms with Crippen LogP contribution in [-0.4, -0.2) is 6.54 Å². The van der Waals surface area contributed by atoms with Crippen molar-refractivity contribution < 1.29 is 8.78 Å². The van der Waals surface area contributed by atoms with Gasteiger partial charge in [0.15, 0.2) is 0 Å². The van der Waals surface area contributed by atoms with Crippen molar-refractivity contribution in [1.82, 2.24) is 5.32 Å². The summed E-state index contributed by atoms with van der Waals surface area (Å²) in [5.74, 6) is -1.09. The van der Waals surface area contributed by atoms with E-state index in [0.717, 1.165) is 23.7 Å². The van der Waals surface area contributed by atoms with Crippen LogP contribution in [0.15, 0.2) is 42.5 Å². The molecule has 0 amide bonds. The molecule has 1 N–H and O–H groups in total. The van der Waals surface area contributed by atoms with Crippen LogP contribution in [-0.2, 0) is 0 Å². The van der Waals surface area contributed by atoms with Crippen LogP contribution in [0.25, 0.3) is 11.1 Å². The maximum atomic E-state index is 13.9. The predicted molar refractivity (Wildman–Crippen MR) is 73.9 cm³/mol. The van der Waals surface area contributed by atoms with Gasteiger partial charge in [-0.25, -0.2) is 8.78 Å². The van der Waals surface area contributed by atoms with E-state index in [0.29, 0.717) is 5.56 Å². The van der Waals surface area contributed by atoms with E-state index < -0.39 is 11.6 Å². The lowest BCUT2D eigenvalue weighted by molar-refractivity contribution is 0.583. The Morgan fingerprint density at radius 1 is 1.05 bits per heavy atom. The van der Waals surface area contributed by atoms with Crippen LogP contribution in [0.5, 0.6) is 0 Å². The smallest absolute Gasteiger partial charge is 0.133 e. The number of halogens is 2. The predicted octanol–water partition coefficient (Wildman–Crippen LogP) is 4.30. The van der Waals surface area contributed by atoms with E-state index in [2.05, 4.69) is 5.32 Å². The second-order valence-corrected chi connectivity index (χ2v) is 4.49. The topological polar surface area (TPSA) is 12.0 Å². The van der Waals surface area contributed by atoms with Crippen LogP contribution < -0.4 is 5.32 Å². The van der Waals surface area contributed by atoms with E-state index in [9.17, 15) is 8.78 Å². The third kappa shape index (κ3) is 2.99. The van der Waals surface area contributed by atoms with Gasteiger partial charge in [0, 0.05) is 17.7 Å². The zero-order chi connectivity index (χ0) is 13.8. The first-order chi connectivity index (χ1) is 9.13. The van der Waals surface area contributed by atoms with Gasteiger partial charge in [-0.05, 0) is 36.7 Å². The lowest BCUT2D eigenvalue weighted by Gasteiger charge is -2.17. The normalized spacial score (nSPS) is 12.4. The van der Waals surface area contributed by atoms with Crippen LogP contribution in [0.3, 0.4) is 0 Å². The van der Waals surface area contributed by atoms with Gasteiger partial charge in [-0.1, -0.05) is 31.2 Å². The van der Waals surface area contributed by atoms with Gasteiger partial charge in [0.05, 0.1) is 0 Å². The van der Waals surface area contributed by atoms with Crippen LogP contribution >= 0.6 is 0 Å². The lowest BCUT2D eigenvalue weighted by Crippen LogP contribution is -2.18. The van der Waals surface area contributed by atoms with Crippen LogP contribution in [0.1, 0.15) is 25.5 Å². The maximum Gasteiger partial charge on any atom is 0.133 e. The van der Waals surface area contributed by atoms with Gasteiger partial charge in [0.25, 0.3) is 0 Å². The second kappa shape index (κ2) is 5.93. The number of hydrogen-bond donors (Lipinski definition) is 1. The molecule has 0 spiro atoms. The highest BCUT2D eigenvalue weighted by atomic mass is 19.1. The summed E-state index contributed by atoms with van der Waals surface area (Å²) in [6, 6.07) is 11.4. The molecule has 0 aliphatic carbocycles. The Hall–Kier alpha value is -1.74. The molecular formula is C16H17F2N. The van der Waals surface area contributed by atoms with E-state index in [4.69, 9.17) is 0 Å². The monoisotopic (exact) mass is 261 g/mol. The van der Waals surface area contributed by atoms with Gasteiger partial charge in [0.1, 0.15) is 11.6 Å². The second-order valence-electron chi connectivity index (χ2n) is 4.49. The molecule has 3 heteroatoms. The molecule has 0 saturated carbocycles. The van der Waals surface area contributed by atoms with E-state index in [-0.39, 0.29) is 6.04 Å². The van der Waals surface area contributed by atoms with Crippen molar-refractivity contribution in [1.29, 1.82) is 0 Å². The molecule has 0 aliphatic heterocycles. The third-order valence-corrected chi connectivity index (χ3v) is 3.16. The van der Waals surface area contributed by atoms with Gasteiger partial charge < -0.3 is 5.32 Å². The number of nitrogens with one attached hydrogen (secondary N) is 1. The van der Waals surface area contributed by atoms with Crippen molar-refractivity contribution >= 4 is 0 Å². The molecular weight excluding hydrogens is 244 g/mol. The standard InChI is InChI=1S/C16H17F2N/c1-3-19-11(2)13-6-4-5-7-14(13)15-9-8-12(17)10-16(15)18/h4-11,19H,3H2,1-2H3. The zero-order valence-electron chi connectivity index (χ0n) is 11.1. The Morgan fingerprint density at radius 2 is 1.79 bits per heavy atom. The molecule has 2 rings (SSSR count). The first kappa shape index (κ1) is 13.7. The van der Waals surface area contributed by atoms with Crippen LogP contribution in [0, 0.1) is 11.6 Å². The average molecular weight is 261 g/mol. The Bertz CT molecular complexity index is 566. The van der Waals surface area contributed by atoms with Gasteiger partial charge >= 0.3 is 0 Å². The molecule has 0 bridgehead atoms. The summed E-state index contributed by atoms with van der Waals surface area (Å²) >= 11 is 0. The van der Waals surface area contributed by atoms with Crippen molar-refractivity contribution in [2.24, 2.45) is 0 Å². The number of benzene rings is 2. The summed E-state index contributed by atoms with van der Waals surface area (Å²) in [5, 5.41) is 3.31. The molecule has 0 aliphatic rings. The molecule has 1 atom stereocenters. The van der Waals surface area contributed by atoms with E-state index in [1.807, 2.05) is 38.1 Å². The Morgan fingerprint density at radius 3 is 2.47 bits per heavy atom. The largest absolute Gasteiger partial charge is 0.310 e. The Balaban J connectivity index is 2.50. The summed E-state index contributed by atoms with van der Waals surface area (Å²) in [6.45, 7) is 4.89. The summed E-state index contributed by atoms with van der Waals surface area (Å²) < 4.78 is 26.9. The molecule has 0 aromatic heterocycles. The Kier molecular flexibility index (Phi) is 4.27. The third-order valence-electron chi connectivity index (χ3n) is 3.16. The molecule has 19 heavy (non-hydrogen) atoms. The molecule has 0 heterocycles. The molecule has 1 unspecified atom stereocenters. The van der Waals surface area contributed by atoms with E-state index in [1.54, 1.807) is 0 Å².